The second kappa shape index (κ2) is 9.65. The maximum absolute atomic E-state index is 12.5. The summed E-state index contributed by atoms with van der Waals surface area (Å²) in [5.41, 5.74) is 0.919. The number of hydrogen-bond acceptors (Lipinski definition) is 5. The first-order chi connectivity index (χ1) is 13.3. The number of aryl methyl sites for hydroxylation is 1. The van der Waals surface area contributed by atoms with Crippen LogP contribution in [-0.2, 0) is 30.2 Å². The van der Waals surface area contributed by atoms with Crippen LogP contribution in [0.1, 0.15) is 32.2 Å². The topological polar surface area (TPSA) is 105 Å². The number of rotatable bonds is 8. The van der Waals surface area contributed by atoms with E-state index in [0.717, 1.165) is 17.9 Å². The molecule has 0 amide bonds. The Kier molecular flexibility index (Phi) is 7.53. The smallest absolute Gasteiger partial charge is 0.243 e. The normalized spacial score (nSPS) is 12.6. The molecule has 2 rings (SSSR count). The zero-order valence-electron chi connectivity index (χ0n) is 17.0. The van der Waals surface area contributed by atoms with Crippen LogP contribution in [0.15, 0.2) is 40.5 Å². The molecule has 0 aliphatic heterocycles. The fourth-order valence-electron chi connectivity index (χ4n) is 2.37. The molecule has 1 aromatic heterocycles. The van der Waals surface area contributed by atoms with Crippen molar-refractivity contribution in [3.05, 3.63) is 42.0 Å². The number of sulfonamides is 1. The monoisotopic (exact) mass is 407 g/mol. The summed E-state index contributed by atoms with van der Waals surface area (Å²) in [5.74, 6) is 1.45. The molecular weight excluding hydrogens is 378 g/mol. The lowest BCUT2D eigenvalue weighted by molar-refractivity contribution is 0.410. The van der Waals surface area contributed by atoms with E-state index in [1.807, 2.05) is 27.8 Å². The number of nitrogens with zero attached hydrogens (tertiary/aromatic N) is 5. The van der Waals surface area contributed by atoms with Crippen molar-refractivity contribution in [3.63, 3.8) is 0 Å². The Labute approximate surface area is 166 Å². The minimum absolute atomic E-state index is 0.100. The standard InChI is InChI=1S/C18H29N7O2S/c1-6-19-18(21-12-17-22-13-23-24(17)4)20-11-15-7-9-16(10-8-15)28(26,27)25(5)14(2)3/h7-10,13-14H,6,11-12H2,1-5H3,(H2,19,20,21). The van der Waals surface area contributed by atoms with Gasteiger partial charge in [-0.05, 0) is 38.5 Å². The van der Waals surface area contributed by atoms with Crippen LogP contribution in [0.3, 0.4) is 0 Å². The number of aliphatic imine (C=N–C) groups is 1. The zero-order chi connectivity index (χ0) is 20.7. The molecule has 0 spiro atoms. The summed E-state index contributed by atoms with van der Waals surface area (Å²) in [5, 5.41) is 10.4. The van der Waals surface area contributed by atoms with E-state index in [0.29, 0.717) is 19.0 Å². The second-order valence-corrected chi connectivity index (χ2v) is 8.61. The van der Waals surface area contributed by atoms with E-state index in [9.17, 15) is 8.42 Å². The van der Waals surface area contributed by atoms with Gasteiger partial charge in [-0.1, -0.05) is 12.1 Å². The summed E-state index contributed by atoms with van der Waals surface area (Å²) < 4.78 is 28.1. The second-order valence-electron chi connectivity index (χ2n) is 6.61. The molecule has 154 valence electrons. The lowest BCUT2D eigenvalue weighted by atomic mass is 10.2. The number of guanidine groups is 1. The summed E-state index contributed by atoms with van der Waals surface area (Å²) in [6, 6.07) is 6.72. The minimum Gasteiger partial charge on any atom is -0.357 e. The Balaban J connectivity index is 2.05. The third-order valence-corrected chi connectivity index (χ3v) is 6.36. The molecule has 0 aliphatic rings. The highest BCUT2D eigenvalue weighted by Crippen LogP contribution is 2.17. The van der Waals surface area contributed by atoms with Gasteiger partial charge in [-0.25, -0.2) is 18.4 Å². The van der Waals surface area contributed by atoms with Crippen LogP contribution in [0.4, 0.5) is 0 Å². The molecule has 0 saturated carbocycles. The molecule has 2 N–H and O–H groups in total. The van der Waals surface area contributed by atoms with E-state index < -0.39 is 10.0 Å². The van der Waals surface area contributed by atoms with Crippen LogP contribution < -0.4 is 10.6 Å². The predicted octanol–water partition coefficient (Wildman–Crippen LogP) is 1.10. The molecule has 28 heavy (non-hydrogen) atoms. The fraction of sp³-hybridized carbons (Fsp3) is 0.500. The maximum atomic E-state index is 12.5. The first-order valence-electron chi connectivity index (χ1n) is 9.17. The van der Waals surface area contributed by atoms with Gasteiger partial charge in [0.15, 0.2) is 5.96 Å². The molecular formula is C18H29N7O2S. The van der Waals surface area contributed by atoms with E-state index in [2.05, 4.69) is 25.7 Å². The van der Waals surface area contributed by atoms with Gasteiger partial charge in [0.1, 0.15) is 12.2 Å². The molecule has 10 heteroatoms. The maximum Gasteiger partial charge on any atom is 0.243 e. The molecule has 1 aromatic carbocycles. The lowest BCUT2D eigenvalue weighted by Crippen LogP contribution is -2.37. The first kappa shape index (κ1) is 21.8. The third-order valence-electron chi connectivity index (χ3n) is 4.31. The van der Waals surface area contributed by atoms with Crippen LogP contribution in [-0.4, -0.2) is 53.1 Å². The Morgan fingerprint density at radius 1 is 1.25 bits per heavy atom. The van der Waals surface area contributed by atoms with Gasteiger partial charge in [0.25, 0.3) is 0 Å². The molecule has 0 fully saturated rings. The summed E-state index contributed by atoms with van der Waals surface area (Å²) >= 11 is 0. The van der Waals surface area contributed by atoms with Crippen molar-refractivity contribution in [2.24, 2.45) is 12.0 Å². The fourth-order valence-corrected chi connectivity index (χ4v) is 3.73. The zero-order valence-corrected chi connectivity index (χ0v) is 17.9. The van der Waals surface area contributed by atoms with Gasteiger partial charge in [-0.3, -0.25) is 4.68 Å². The van der Waals surface area contributed by atoms with Crippen molar-refractivity contribution in [2.75, 3.05) is 13.6 Å². The molecule has 0 atom stereocenters. The number of benzene rings is 1. The quantitative estimate of drug-likeness (QED) is 0.502. The molecule has 9 nitrogen and oxygen atoms in total. The van der Waals surface area contributed by atoms with Crippen LogP contribution in [0.5, 0.6) is 0 Å². The van der Waals surface area contributed by atoms with Crippen LogP contribution >= 0.6 is 0 Å². The Morgan fingerprint density at radius 2 is 1.93 bits per heavy atom. The molecule has 0 radical (unpaired) electrons. The Hall–Kier alpha value is -2.46. The minimum atomic E-state index is -3.48. The van der Waals surface area contributed by atoms with Gasteiger partial charge < -0.3 is 10.6 Å². The average molecular weight is 408 g/mol. The summed E-state index contributed by atoms with van der Waals surface area (Å²) in [6.45, 7) is 7.33. The van der Waals surface area contributed by atoms with Gasteiger partial charge in [0.05, 0.1) is 18.0 Å². The number of nitrogens with one attached hydrogen (secondary N) is 2. The molecule has 1 heterocycles. The largest absolute Gasteiger partial charge is 0.357 e. The van der Waals surface area contributed by atoms with E-state index >= 15 is 0 Å². The van der Waals surface area contributed by atoms with Crippen LogP contribution in [0, 0.1) is 0 Å². The van der Waals surface area contributed by atoms with E-state index in [4.69, 9.17) is 0 Å². The first-order valence-corrected chi connectivity index (χ1v) is 10.6. The van der Waals surface area contributed by atoms with Gasteiger partial charge in [0.2, 0.25) is 10.0 Å². The van der Waals surface area contributed by atoms with Gasteiger partial charge in [-0.2, -0.15) is 9.40 Å². The highest BCUT2D eigenvalue weighted by molar-refractivity contribution is 7.89. The van der Waals surface area contributed by atoms with E-state index in [1.165, 1.54) is 10.6 Å². The molecule has 0 saturated heterocycles. The number of hydrogen-bond donors (Lipinski definition) is 2. The molecule has 2 aromatic rings. The molecule has 0 unspecified atom stereocenters. The summed E-state index contributed by atoms with van der Waals surface area (Å²) in [7, 11) is -0.0543. The van der Waals surface area contributed by atoms with Gasteiger partial charge in [-0.15, -0.1) is 0 Å². The van der Waals surface area contributed by atoms with Crippen LogP contribution in [0.25, 0.3) is 0 Å². The van der Waals surface area contributed by atoms with Crippen molar-refractivity contribution in [3.8, 4) is 0 Å². The van der Waals surface area contributed by atoms with E-state index in [1.54, 1.807) is 36.0 Å². The predicted molar refractivity (Wildman–Crippen MR) is 109 cm³/mol. The van der Waals surface area contributed by atoms with Crippen molar-refractivity contribution >= 4 is 16.0 Å². The third kappa shape index (κ3) is 5.52. The van der Waals surface area contributed by atoms with E-state index in [-0.39, 0.29) is 10.9 Å². The van der Waals surface area contributed by atoms with Crippen LogP contribution in [0.2, 0.25) is 0 Å². The number of aromatic nitrogens is 3. The Morgan fingerprint density at radius 3 is 2.46 bits per heavy atom. The van der Waals surface area contributed by atoms with Gasteiger partial charge >= 0.3 is 0 Å². The van der Waals surface area contributed by atoms with Crippen molar-refractivity contribution in [2.45, 2.75) is 44.8 Å². The van der Waals surface area contributed by atoms with Gasteiger partial charge in [0, 0.05) is 26.7 Å². The van der Waals surface area contributed by atoms with Crippen molar-refractivity contribution < 1.29 is 8.42 Å². The summed E-state index contributed by atoms with van der Waals surface area (Å²) in [4.78, 5) is 9.00. The SMILES string of the molecule is CCNC(=NCc1ccc(S(=O)(=O)N(C)C(C)C)cc1)NCc1ncnn1C. The lowest BCUT2D eigenvalue weighted by Gasteiger charge is -2.21. The average Bonchev–Trinajstić information content (AvgIpc) is 3.08. The summed E-state index contributed by atoms with van der Waals surface area (Å²) in [6.07, 6.45) is 1.51. The molecule has 0 aliphatic carbocycles. The molecule has 0 bridgehead atoms. The highest BCUT2D eigenvalue weighted by Gasteiger charge is 2.22. The highest BCUT2D eigenvalue weighted by atomic mass is 32.2. The van der Waals surface area contributed by atoms with Crippen molar-refractivity contribution in [1.82, 2.24) is 29.7 Å². The Bertz CT molecular complexity index is 889. The van der Waals surface area contributed by atoms with Crippen molar-refractivity contribution in [1.29, 1.82) is 0 Å².